The second-order valence-electron chi connectivity index (χ2n) is 6.26. The van der Waals surface area contributed by atoms with Crippen LogP contribution in [0.5, 0.6) is 11.5 Å². The summed E-state index contributed by atoms with van der Waals surface area (Å²) in [6, 6.07) is 12.4. The first-order valence-corrected chi connectivity index (χ1v) is 8.85. The molecule has 27 heavy (non-hydrogen) atoms. The lowest BCUT2D eigenvalue weighted by Gasteiger charge is -2.14. The second kappa shape index (κ2) is 8.40. The number of benzene rings is 2. The number of nitrogens with one attached hydrogen (secondary N) is 2. The summed E-state index contributed by atoms with van der Waals surface area (Å²) in [5, 5.41) is 5.67. The summed E-state index contributed by atoms with van der Waals surface area (Å²) in [4.78, 5) is 24.7. The summed E-state index contributed by atoms with van der Waals surface area (Å²) >= 11 is 0. The van der Waals surface area contributed by atoms with Gasteiger partial charge < -0.3 is 20.1 Å². The third-order valence-corrected chi connectivity index (χ3v) is 4.24. The first-order valence-electron chi connectivity index (χ1n) is 8.85. The molecule has 1 heterocycles. The van der Waals surface area contributed by atoms with Gasteiger partial charge in [0.05, 0.1) is 11.3 Å². The molecule has 140 valence electrons. The number of anilines is 1. The topological polar surface area (TPSA) is 76.7 Å². The fraction of sp³-hybridized carbons (Fsp3) is 0.238. The van der Waals surface area contributed by atoms with Gasteiger partial charge in [-0.15, -0.1) is 0 Å². The Bertz CT molecular complexity index is 876. The van der Waals surface area contributed by atoms with E-state index in [4.69, 9.17) is 9.47 Å². The molecular formula is C21H22N2O4. The minimum atomic E-state index is -0.323. The molecular weight excluding hydrogens is 344 g/mol. The van der Waals surface area contributed by atoms with Gasteiger partial charge in [0.1, 0.15) is 0 Å². The number of hydrogen-bond acceptors (Lipinski definition) is 4. The number of hydrogen-bond donors (Lipinski definition) is 2. The van der Waals surface area contributed by atoms with E-state index in [9.17, 15) is 9.59 Å². The molecule has 1 aliphatic rings. The van der Waals surface area contributed by atoms with Crippen LogP contribution in [0.4, 0.5) is 5.69 Å². The summed E-state index contributed by atoms with van der Waals surface area (Å²) in [5.41, 5.74) is 1.72. The molecule has 1 aliphatic heterocycles. The first-order chi connectivity index (χ1) is 13.1. The number of carbonyl (C=O) groups is 2. The minimum Gasteiger partial charge on any atom is -0.454 e. The van der Waals surface area contributed by atoms with Gasteiger partial charge in [-0.05, 0) is 49.2 Å². The van der Waals surface area contributed by atoms with E-state index in [-0.39, 0.29) is 24.6 Å². The van der Waals surface area contributed by atoms with Crippen molar-refractivity contribution in [3.8, 4) is 11.5 Å². The molecule has 0 radical (unpaired) electrons. The van der Waals surface area contributed by atoms with E-state index in [1.54, 1.807) is 42.5 Å². The van der Waals surface area contributed by atoms with E-state index in [1.165, 1.54) is 6.08 Å². The van der Waals surface area contributed by atoms with Crippen LogP contribution in [0, 0.1) is 0 Å². The Morgan fingerprint density at radius 2 is 1.93 bits per heavy atom. The zero-order chi connectivity index (χ0) is 19.2. The molecule has 1 atom stereocenters. The van der Waals surface area contributed by atoms with Gasteiger partial charge in [0.2, 0.25) is 12.7 Å². The second-order valence-corrected chi connectivity index (χ2v) is 6.26. The maximum absolute atomic E-state index is 12.4. The van der Waals surface area contributed by atoms with Crippen molar-refractivity contribution in [3.63, 3.8) is 0 Å². The Morgan fingerprint density at radius 1 is 1.15 bits per heavy atom. The first kappa shape index (κ1) is 18.5. The fourth-order valence-corrected chi connectivity index (χ4v) is 2.56. The number of carbonyl (C=O) groups excluding carboxylic acids is 2. The molecule has 0 saturated heterocycles. The van der Waals surface area contributed by atoms with Crippen molar-refractivity contribution in [3.05, 3.63) is 59.7 Å². The van der Waals surface area contributed by atoms with E-state index in [1.807, 2.05) is 19.9 Å². The molecule has 6 heteroatoms. The van der Waals surface area contributed by atoms with E-state index in [2.05, 4.69) is 10.6 Å². The van der Waals surface area contributed by atoms with Crippen LogP contribution in [0.3, 0.4) is 0 Å². The molecule has 2 N–H and O–H groups in total. The maximum Gasteiger partial charge on any atom is 0.253 e. The van der Waals surface area contributed by atoms with E-state index in [0.29, 0.717) is 22.7 Å². The number of ether oxygens (including phenoxy) is 2. The lowest BCUT2D eigenvalue weighted by atomic mass is 10.1. The van der Waals surface area contributed by atoms with Crippen LogP contribution in [-0.4, -0.2) is 24.6 Å². The largest absolute Gasteiger partial charge is 0.454 e. The number of para-hydroxylation sites is 1. The zero-order valence-corrected chi connectivity index (χ0v) is 15.3. The quantitative estimate of drug-likeness (QED) is 0.766. The molecule has 0 spiro atoms. The van der Waals surface area contributed by atoms with Crippen molar-refractivity contribution < 1.29 is 19.1 Å². The average molecular weight is 366 g/mol. The van der Waals surface area contributed by atoms with E-state index < -0.39 is 0 Å². The SMILES string of the molecule is CC[C@@H](C)NC(=O)c1ccccc1NC(=O)/C=C/c1ccc2c(c1)OCO2. The average Bonchev–Trinajstić information content (AvgIpc) is 3.14. The van der Waals surface area contributed by atoms with Gasteiger partial charge in [-0.25, -0.2) is 0 Å². The predicted octanol–water partition coefficient (Wildman–Crippen LogP) is 3.60. The molecule has 0 fully saturated rings. The fourth-order valence-electron chi connectivity index (χ4n) is 2.56. The Balaban J connectivity index is 1.68. The molecule has 2 amide bonds. The Morgan fingerprint density at radius 3 is 2.74 bits per heavy atom. The van der Waals surface area contributed by atoms with Crippen molar-refractivity contribution in [2.24, 2.45) is 0 Å². The molecule has 0 aliphatic carbocycles. The number of rotatable bonds is 6. The third-order valence-electron chi connectivity index (χ3n) is 4.24. The highest BCUT2D eigenvalue weighted by atomic mass is 16.7. The molecule has 0 bridgehead atoms. The van der Waals surface area contributed by atoms with Gasteiger partial charge in [0.25, 0.3) is 5.91 Å². The van der Waals surface area contributed by atoms with Crippen molar-refractivity contribution in [1.29, 1.82) is 0 Å². The smallest absolute Gasteiger partial charge is 0.253 e. The summed E-state index contributed by atoms with van der Waals surface area (Å²) in [5.74, 6) is 0.818. The molecule has 6 nitrogen and oxygen atoms in total. The van der Waals surface area contributed by atoms with Gasteiger partial charge in [-0.3, -0.25) is 9.59 Å². The van der Waals surface area contributed by atoms with E-state index in [0.717, 1.165) is 12.0 Å². The lowest BCUT2D eigenvalue weighted by Crippen LogP contribution is -2.32. The summed E-state index contributed by atoms with van der Waals surface area (Å²) < 4.78 is 10.6. The highest BCUT2D eigenvalue weighted by molar-refractivity contribution is 6.07. The Kier molecular flexibility index (Phi) is 5.76. The number of fused-ring (bicyclic) bond motifs is 1. The van der Waals surface area contributed by atoms with Crippen LogP contribution < -0.4 is 20.1 Å². The summed E-state index contributed by atoms with van der Waals surface area (Å²) in [7, 11) is 0. The zero-order valence-electron chi connectivity index (χ0n) is 15.3. The van der Waals surface area contributed by atoms with Gasteiger partial charge >= 0.3 is 0 Å². The van der Waals surface area contributed by atoms with Gasteiger partial charge in [0.15, 0.2) is 11.5 Å². The van der Waals surface area contributed by atoms with Gasteiger partial charge in [-0.2, -0.15) is 0 Å². The molecule has 0 saturated carbocycles. The van der Waals surface area contributed by atoms with Crippen LogP contribution >= 0.6 is 0 Å². The van der Waals surface area contributed by atoms with Crippen LogP contribution in [0.2, 0.25) is 0 Å². The maximum atomic E-state index is 12.4. The van der Waals surface area contributed by atoms with E-state index >= 15 is 0 Å². The monoisotopic (exact) mass is 366 g/mol. The Labute approximate surface area is 158 Å². The van der Waals surface area contributed by atoms with Crippen LogP contribution in [0.25, 0.3) is 6.08 Å². The highest BCUT2D eigenvalue weighted by Gasteiger charge is 2.14. The van der Waals surface area contributed by atoms with Crippen LogP contribution in [-0.2, 0) is 4.79 Å². The standard InChI is InChI=1S/C21H22N2O4/c1-3-14(2)22-21(25)16-6-4-5-7-17(16)23-20(24)11-9-15-8-10-18-19(12-15)27-13-26-18/h4-12,14H,3,13H2,1-2H3,(H,22,25)(H,23,24)/b11-9+/t14-/m1/s1. The van der Waals surface area contributed by atoms with Gasteiger partial charge in [-0.1, -0.05) is 25.1 Å². The molecule has 2 aromatic carbocycles. The Hall–Kier alpha value is -3.28. The molecule has 2 aromatic rings. The normalized spacial score (nSPS) is 13.4. The van der Waals surface area contributed by atoms with Gasteiger partial charge in [0, 0.05) is 12.1 Å². The third kappa shape index (κ3) is 4.67. The number of amides is 2. The summed E-state index contributed by atoms with van der Waals surface area (Å²) in [6.45, 7) is 4.14. The minimum absolute atomic E-state index is 0.0622. The predicted molar refractivity (Wildman–Crippen MR) is 104 cm³/mol. The van der Waals surface area contributed by atoms with Crippen LogP contribution in [0.1, 0.15) is 36.2 Å². The molecule has 0 unspecified atom stereocenters. The molecule has 0 aromatic heterocycles. The van der Waals surface area contributed by atoms with Crippen molar-refractivity contribution in [2.75, 3.05) is 12.1 Å². The summed E-state index contributed by atoms with van der Waals surface area (Å²) in [6.07, 6.45) is 3.93. The van der Waals surface area contributed by atoms with Crippen molar-refractivity contribution in [2.45, 2.75) is 26.3 Å². The van der Waals surface area contributed by atoms with Crippen molar-refractivity contribution in [1.82, 2.24) is 5.32 Å². The van der Waals surface area contributed by atoms with Crippen molar-refractivity contribution >= 4 is 23.6 Å². The lowest BCUT2D eigenvalue weighted by molar-refractivity contribution is -0.111. The van der Waals surface area contributed by atoms with Crippen LogP contribution in [0.15, 0.2) is 48.5 Å². The molecule has 3 rings (SSSR count). The highest BCUT2D eigenvalue weighted by Crippen LogP contribution is 2.32.